The number of amides is 1. The molecule has 3 aliphatic heterocycles. The Morgan fingerprint density at radius 2 is 2.00 bits per heavy atom. The van der Waals surface area contributed by atoms with Crippen LogP contribution in [0, 0.1) is 0 Å². The summed E-state index contributed by atoms with van der Waals surface area (Å²) in [5, 5.41) is 9.79. The second-order valence-corrected chi connectivity index (χ2v) is 7.43. The first-order valence-electron chi connectivity index (χ1n) is 8.62. The molecule has 4 rings (SSSR count). The molecule has 0 spiro atoms. The van der Waals surface area contributed by atoms with Crippen molar-refractivity contribution in [3.8, 4) is 0 Å². The topological polar surface area (TPSA) is 82.0 Å². The fraction of sp³-hybridized carbons (Fsp3) is 0.688. The molecule has 0 unspecified atom stereocenters. The molecule has 1 amide bonds. The minimum absolute atomic E-state index is 0.260. The van der Waals surface area contributed by atoms with Crippen molar-refractivity contribution >= 4 is 29.5 Å². The predicted molar refractivity (Wildman–Crippen MR) is 93.7 cm³/mol. The molecule has 0 bridgehead atoms. The van der Waals surface area contributed by atoms with Crippen molar-refractivity contribution in [3.05, 3.63) is 10.7 Å². The largest absolute Gasteiger partial charge is 0.465 e. The van der Waals surface area contributed by atoms with Crippen molar-refractivity contribution in [1.29, 1.82) is 0 Å². The summed E-state index contributed by atoms with van der Waals surface area (Å²) in [6.45, 7) is 6.75. The number of aromatic nitrogens is 2. The highest BCUT2D eigenvalue weighted by molar-refractivity contribution is 6.30. The molecule has 2 saturated heterocycles. The van der Waals surface area contributed by atoms with Crippen LogP contribution in [-0.2, 0) is 11.2 Å². The van der Waals surface area contributed by atoms with Gasteiger partial charge in [-0.2, -0.15) is 4.98 Å². The summed E-state index contributed by atoms with van der Waals surface area (Å²) in [6.07, 6.45) is 0.714. The molecule has 0 saturated carbocycles. The Morgan fingerprint density at radius 1 is 1.24 bits per heavy atom. The maximum absolute atomic E-state index is 11.3. The SMILES string of the molecule is C[C@]1(N2CCc3c(Cl)nc(N4CCOCC4)nc32)CCN(C(=O)O)C1. The smallest absolute Gasteiger partial charge is 0.407 e. The molecule has 1 atom stereocenters. The van der Waals surface area contributed by atoms with Gasteiger partial charge in [0.1, 0.15) is 11.0 Å². The number of likely N-dealkylation sites (tertiary alicyclic amines) is 1. The summed E-state index contributed by atoms with van der Waals surface area (Å²) in [5.74, 6) is 1.49. The Morgan fingerprint density at radius 3 is 2.68 bits per heavy atom. The van der Waals surface area contributed by atoms with E-state index in [0.29, 0.717) is 37.4 Å². The van der Waals surface area contributed by atoms with Gasteiger partial charge in [0.2, 0.25) is 5.95 Å². The molecule has 4 heterocycles. The van der Waals surface area contributed by atoms with Crippen molar-refractivity contribution in [2.24, 2.45) is 0 Å². The lowest BCUT2D eigenvalue weighted by Crippen LogP contribution is -2.48. The molecule has 25 heavy (non-hydrogen) atoms. The zero-order valence-corrected chi connectivity index (χ0v) is 15.0. The monoisotopic (exact) mass is 367 g/mol. The van der Waals surface area contributed by atoms with Crippen molar-refractivity contribution in [3.63, 3.8) is 0 Å². The zero-order valence-electron chi connectivity index (χ0n) is 14.2. The third kappa shape index (κ3) is 2.87. The van der Waals surface area contributed by atoms with Gasteiger partial charge in [0.15, 0.2) is 0 Å². The van der Waals surface area contributed by atoms with Crippen LogP contribution in [0.2, 0.25) is 5.15 Å². The van der Waals surface area contributed by atoms with E-state index >= 15 is 0 Å². The van der Waals surface area contributed by atoms with Crippen molar-refractivity contribution < 1.29 is 14.6 Å². The number of fused-ring (bicyclic) bond motifs is 1. The number of morpholine rings is 1. The lowest BCUT2D eigenvalue weighted by atomic mass is 9.99. The average molecular weight is 368 g/mol. The Balaban J connectivity index is 1.65. The highest BCUT2D eigenvalue weighted by Crippen LogP contribution is 2.40. The van der Waals surface area contributed by atoms with Gasteiger partial charge in [-0.15, -0.1) is 0 Å². The van der Waals surface area contributed by atoms with E-state index < -0.39 is 6.09 Å². The maximum Gasteiger partial charge on any atom is 0.407 e. The number of halogens is 1. The van der Waals surface area contributed by atoms with Gasteiger partial charge >= 0.3 is 6.09 Å². The molecular weight excluding hydrogens is 346 g/mol. The van der Waals surface area contributed by atoms with Crippen LogP contribution < -0.4 is 9.80 Å². The number of hydrogen-bond acceptors (Lipinski definition) is 6. The van der Waals surface area contributed by atoms with Crippen LogP contribution in [0.15, 0.2) is 0 Å². The lowest BCUT2D eigenvalue weighted by molar-refractivity contribution is 0.122. The van der Waals surface area contributed by atoms with E-state index in [0.717, 1.165) is 43.9 Å². The first-order valence-corrected chi connectivity index (χ1v) is 9.00. The van der Waals surface area contributed by atoms with Gasteiger partial charge in [-0.1, -0.05) is 11.6 Å². The van der Waals surface area contributed by atoms with Gasteiger partial charge < -0.3 is 24.5 Å². The second-order valence-electron chi connectivity index (χ2n) is 7.07. The van der Waals surface area contributed by atoms with Gasteiger partial charge in [-0.25, -0.2) is 9.78 Å². The molecule has 0 aromatic carbocycles. The molecule has 3 aliphatic rings. The number of nitrogens with zero attached hydrogens (tertiary/aromatic N) is 5. The number of hydrogen-bond donors (Lipinski definition) is 1. The first kappa shape index (κ1) is 16.7. The van der Waals surface area contributed by atoms with E-state index in [9.17, 15) is 9.90 Å². The standard InChI is InChI=1S/C16H22ClN5O3/c1-16(3-5-21(10-16)15(23)24)22-4-2-11-12(17)18-14(19-13(11)22)20-6-8-25-9-7-20/h2-10H2,1H3,(H,23,24)/t16-/m0/s1. The summed E-state index contributed by atoms with van der Waals surface area (Å²) >= 11 is 6.45. The van der Waals surface area contributed by atoms with Gasteiger partial charge in [0.05, 0.1) is 18.8 Å². The number of carbonyl (C=O) groups is 1. The molecule has 1 aromatic rings. The third-order valence-electron chi connectivity index (χ3n) is 5.43. The van der Waals surface area contributed by atoms with Crippen LogP contribution in [0.25, 0.3) is 0 Å². The predicted octanol–water partition coefficient (Wildman–Crippen LogP) is 1.47. The van der Waals surface area contributed by atoms with Gasteiger partial charge in [0.25, 0.3) is 0 Å². The molecule has 2 fully saturated rings. The van der Waals surface area contributed by atoms with E-state index in [4.69, 9.17) is 21.3 Å². The summed E-state index contributed by atoms with van der Waals surface area (Å²) in [5.41, 5.74) is 0.706. The second kappa shape index (κ2) is 6.17. The number of ether oxygens (including phenoxy) is 1. The molecule has 0 radical (unpaired) electrons. The summed E-state index contributed by atoms with van der Waals surface area (Å²) in [4.78, 5) is 26.4. The summed E-state index contributed by atoms with van der Waals surface area (Å²) in [6, 6.07) is 0. The Kier molecular flexibility index (Phi) is 4.11. The highest BCUT2D eigenvalue weighted by atomic mass is 35.5. The highest BCUT2D eigenvalue weighted by Gasteiger charge is 2.44. The summed E-state index contributed by atoms with van der Waals surface area (Å²) < 4.78 is 5.39. The maximum atomic E-state index is 11.3. The van der Waals surface area contributed by atoms with E-state index in [2.05, 4.69) is 21.7 Å². The van der Waals surface area contributed by atoms with Gasteiger partial charge in [-0.05, 0) is 19.8 Å². The molecular formula is C16H22ClN5O3. The van der Waals surface area contributed by atoms with E-state index in [1.165, 1.54) is 4.90 Å². The Labute approximate surface area is 151 Å². The summed E-state index contributed by atoms with van der Waals surface area (Å²) in [7, 11) is 0. The van der Waals surface area contributed by atoms with Crippen LogP contribution in [0.3, 0.4) is 0 Å². The Hall–Kier alpha value is -1.80. The van der Waals surface area contributed by atoms with Crippen molar-refractivity contribution in [1.82, 2.24) is 14.9 Å². The van der Waals surface area contributed by atoms with E-state index in [1.54, 1.807) is 0 Å². The molecule has 0 aliphatic carbocycles. The minimum atomic E-state index is -0.863. The normalized spacial score (nSPS) is 26.2. The number of anilines is 2. The van der Waals surface area contributed by atoms with E-state index in [-0.39, 0.29) is 5.54 Å². The van der Waals surface area contributed by atoms with Crippen LogP contribution in [-0.4, -0.2) is 77.5 Å². The molecule has 8 nitrogen and oxygen atoms in total. The zero-order chi connectivity index (χ0) is 17.6. The van der Waals surface area contributed by atoms with Gasteiger partial charge in [0, 0.05) is 38.3 Å². The van der Waals surface area contributed by atoms with Crippen LogP contribution in [0.5, 0.6) is 0 Å². The fourth-order valence-electron chi connectivity index (χ4n) is 3.96. The average Bonchev–Trinajstić information content (AvgIpc) is 3.21. The number of carboxylic acid groups (broad SMARTS) is 1. The first-order chi connectivity index (χ1) is 12.0. The van der Waals surface area contributed by atoms with Crippen molar-refractivity contribution in [2.45, 2.75) is 25.3 Å². The van der Waals surface area contributed by atoms with Crippen LogP contribution >= 0.6 is 11.6 Å². The fourth-order valence-corrected chi connectivity index (χ4v) is 4.22. The van der Waals surface area contributed by atoms with E-state index in [1.807, 2.05) is 0 Å². The molecule has 136 valence electrons. The van der Waals surface area contributed by atoms with Crippen molar-refractivity contribution in [2.75, 3.05) is 55.7 Å². The van der Waals surface area contributed by atoms with Crippen LogP contribution in [0.4, 0.5) is 16.6 Å². The minimum Gasteiger partial charge on any atom is -0.465 e. The number of rotatable bonds is 2. The molecule has 9 heteroatoms. The Bertz CT molecular complexity index is 697. The molecule has 1 aromatic heterocycles. The quantitative estimate of drug-likeness (QED) is 0.792. The lowest BCUT2D eigenvalue weighted by Gasteiger charge is -2.37. The van der Waals surface area contributed by atoms with Crippen LogP contribution in [0.1, 0.15) is 18.9 Å². The van der Waals surface area contributed by atoms with Gasteiger partial charge in [-0.3, -0.25) is 0 Å². The third-order valence-corrected chi connectivity index (χ3v) is 5.74. The molecule has 1 N–H and O–H groups in total.